The maximum atomic E-state index is 13.3. The van der Waals surface area contributed by atoms with E-state index in [0.717, 1.165) is 48.4 Å². The van der Waals surface area contributed by atoms with Crippen molar-refractivity contribution in [2.45, 2.75) is 45.2 Å². The fourth-order valence-electron chi connectivity index (χ4n) is 4.30. The fraction of sp³-hybridized carbons (Fsp3) is 0.360. The highest BCUT2D eigenvalue weighted by Crippen LogP contribution is 2.33. The predicted octanol–water partition coefficient (Wildman–Crippen LogP) is 4.51. The lowest BCUT2D eigenvalue weighted by atomic mass is 10.0. The molecule has 9 nitrogen and oxygen atoms in total. The molecule has 0 radical (unpaired) electrons. The van der Waals surface area contributed by atoms with Crippen LogP contribution in [0.25, 0.3) is 11.3 Å². The number of piperidine rings is 1. The molecule has 9 heteroatoms. The standard InChI is InChI=1S/C25H27N5O4/c1-3-29-16-18(14-27-29)21-13-23(34-28-21)25(31)30-10-5-4-9-22(30)24-26-15-20(33-24)12-17-7-6-8-19(11-17)32-2/h6-8,11,13-16,22H,3-5,9-10,12H2,1-2H3/t22-/m1/s1. The zero-order valence-corrected chi connectivity index (χ0v) is 19.3. The second-order valence-electron chi connectivity index (χ2n) is 8.36. The molecule has 1 aliphatic rings. The van der Waals surface area contributed by atoms with E-state index in [-0.39, 0.29) is 17.7 Å². The van der Waals surface area contributed by atoms with E-state index < -0.39 is 0 Å². The Kier molecular flexibility index (Phi) is 6.16. The predicted molar refractivity (Wildman–Crippen MR) is 123 cm³/mol. The second-order valence-corrected chi connectivity index (χ2v) is 8.36. The van der Waals surface area contributed by atoms with Crippen molar-refractivity contribution in [3.63, 3.8) is 0 Å². The molecule has 176 valence electrons. The van der Waals surface area contributed by atoms with Gasteiger partial charge in [0.2, 0.25) is 11.7 Å². The SMILES string of the molecule is CCn1cc(-c2cc(C(=O)N3CCCC[C@@H]3c3ncc(Cc4cccc(OC)c4)o3)on2)cn1. The third-order valence-corrected chi connectivity index (χ3v) is 6.11. The molecule has 0 unspecified atom stereocenters. The van der Waals surface area contributed by atoms with Crippen LogP contribution in [0.1, 0.15) is 60.0 Å². The molecule has 1 amide bonds. The van der Waals surface area contributed by atoms with Crippen molar-refractivity contribution in [3.05, 3.63) is 71.9 Å². The van der Waals surface area contributed by atoms with Gasteiger partial charge in [-0.25, -0.2) is 4.98 Å². The summed E-state index contributed by atoms with van der Waals surface area (Å²) in [4.78, 5) is 19.6. The van der Waals surface area contributed by atoms with Gasteiger partial charge in [0.25, 0.3) is 5.91 Å². The number of rotatable bonds is 7. The summed E-state index contributed by atoms with van der Waals surface area (Å²) >= 11 is 0. The monoisotopic (exact) mass is 461 g/mol. The quantitative estimate of drug-likeness (QED) is 0.399. The van der Waals surface area contributed by atoms with Gasteiger partial charge in [-0.05, 0) is 43.9 Å². The van der Waals surface area contributed by atoms with E-state index in [9.17, 15) is 4.79 Å². The number of oxazole rings is 1. The molecule has 5 rings (SSSR count). The van der Waals surface area contributed by atoms with Crippen LogP contribution in [0.2, 0.25) is 0 Å². The molecule has 0 N–H and O–H groups in total. The topological polar surface area (TPSA) is 99.4 Å². The van der Waals surface area contributed by atoms with E-state index in [2.05, 4.69) is 15.2 Å². The number of ether oxygens (including phenoxy) is 1. The van der Waals surface area contributed by atoms with E-state index in [0.29, 0.717) is 24.6 Å². The van der Waals surface area contributed by atoms with Crippen LogP contribution in [-0.4, -0.2) is 44.4 Å². The van der Waals surface area contributed by atoms with Crippen LogP contribution in [0.3, 0.4) is 0 Å². The summed E-state index contributed by atoms with van der Waals surface area (Å²) < 4.78 is 18.6. The number of carbonyl (C=O) groups excluding carboxylic acids is 1. The molecule has 1 atom stereocenters. The highest BCUT2D eigenvalue weighted by Gasteiger charge is 2.34. The van der Waals surface area contributed by atoms with Crippen LogP contribution >= 0.6 is 0 Å². The number of aryl methyl sites for hydroxylation is 1. The normalized spacial score (nSPS) is 16.1. The summed E-state index contributed by atoms with van der Waals surface area (Å²) in [6.07, 6.45) is 8.65. The Morgan fingerprint density at radius 3 is 2.97 bits per heavy atom. The number of hydrogen-bond donors (Lipinski definition) is 0. The summed E-state index contributed by atoms with van der Waals surface area (Å²) in [6.45, 7) is 3.38. The van der Waals surface area contributed by atoms with Gasteiger partial charge in [0, 0.05) is 37.3 Å². The van der Waals surface area contributed by atoms with Crippen molar-refractivity contribution in [3.8, 4) is 17.0 Å². The highest BCUT2D eigenvalue weighted by molar-refractivity contribution is 5.92. The van der Waals surface area contributed by atoms with Crippen LogP contribution in [0.4, 0.5) is 0 Å². The number of nitrogens with zero attached hydrogens (tertiary/aromatic N) is 5. The molecule has 4 aromatic rings. The van der Waals surface area contributed by atoms with Gasteiger partial charge in [0.15, 0.2) is 0 Å². The van der Waals surface area contributed by atoms with Crippen molar-refractivity contribution < 1.29 is 18.5 Å². The Balaban J connectivity index is 1.33. The summed E-state index contributed by atoms with van der Waals surface area (Å²) in [5.41, 5.74) is 2.47. The number of methoxy groups -OCH3 is 1. The lowest BCUT2D eigenvalue weighted by Gasteiger charge is -2.32. The first kappa shape index (κ1) is 21.9. The third kappa shape index (κ3) is 4.46. The molecule has 0 bridgehead atoms. The fourth-order valence-corrected chi connectivity index (χ4v) is 4.30. The summed E-state index contributed by atoms with van der Waals surface area (Å²) in [5.74, 6) is 2.09. The van der Waals surface area contributed by atoms with Gasteiger partial charge in [-0.15, -0.1) is 0 Å². The summed E-state index contributed by atoms with van der Waals surface area (Å²) in [6, 6.07) is 9.29. The van der Waals surface area contributed by atoms with E-state index in [1.54, 1.807) is 35.2 Å². The molecule has 0 aliphatic carbocycles. The summed E-state index contributed by atoms with van der Waals surface area (Å²) in [7, 11) is 1.65. The number of carbonyl (C=O) groups is 1. The number of aromatic nitrogens is 4. The largest absolute Gasteiger partial charge is 0.497 e. The van der Waals surface area contributed by atoms with E-state index in [4.69, 9.17) is 13.7 Å². The van der Waals surface area contributed by atoms with Gasteiger partial charge in [0.1, 0.15) is 23.2 Å². The van der Waals surface area contributed by atoms with Gasteiger partial charge in [-0.1, -0.05) is 17.3 Å². The number of likely N-dealkylation sites (tertiary alicyclic amines) is 1. The zero-order valence-electron chi connectivity index (χ0n) is 19.3. The third-order valence-electron chi connectivity index (χ3n) is 6.11. The lowest BCUT2D eigenvalue weighted by Crippen LogP contribution is -2.38. The van der Waals surface area contributed by atoms with E-state index >= 15 is 0 Å². The molecule has 1 aromatic carbocycles. The van der Waals surface area contributed by atoms with E-state index in [1.165, 1.54) is 0 Å². The van der Waals surface area contributed by atoms with E-state index in [1.807, 2.05) is 37.4 Å². The molecule has 3 aromatic heterocycles. The lowest BCUT2D eigenvalue weighted by molar-refractivity contribution is 0.0528. The number of amides is 1. The Morgan fingerprint density at radius 2 is 2.15 bits per heavy atom. The average Bonchev–Trinajstić information content (AvgIpc) is 3.64. The highest BCUT2D eigenvalue weighted by atomic mass is 16.5. The minimum atomic E-state index is -0.239. The molecule has 0 saturated carbocycles. The molecule has 1 saturated heterocycles. The van der Waals surface area contributed by atoms with Gasteiger partial charge < -0.3 is 18.6 Å². The first-order valence-corrected chi connectivity index (χ1v) is 11.5. The second kappa shape index (κ2) is 9.54. The Labute approximate surface area is 197 Å². The van der Waals surface area contributed by atoms with Crippen LogP contribution in [-0.2, 0) is 13.0 Å². The van der Waals surface area contributed by atoms with Crippen LogP contribution in [0.5, 0.6) is 5.75 Å². The minimum absolute atomic E-state index is 0.203. The van der Waals surface area contributed by atoms with Crippen LogP contribution in [0, 0.1) is 0 Å². The Bertz CT molecular complexity index is 1270. The Morgan fingerprint density at radius 1 is 1.24 bits per heavy atom. The van der Waals surface area contributed by atoms with Crippen molar-refractivity contribution in [2.24, 2.45) is 0 Å². The molecule has 4 heterocycles. The van der Waals surface area contributed by atoms with Crippen LogP contribution < -0.4 is 4.74 Å². The zero-order chi connectivity index (χ0) is 23.5. The minimum Gasteiger partial charge on any atom is -0.497 e. The van der Waals surface area contributed by atoms with Gasteiger partial charge in [-0.3, -0.25) is 9.48 Å². The van der Waals surface area contributed by atoms with Gasteiger partial charge >= 0.3 is 0 Å². The average molecular weight is 462 g/mol. The molecule has 1 fully saturated rings. The first-order chi connectivity index (χ1) is 16.6. The first-order valence-electron chi connectivity index (χ1n) is 11.5. The van der Waals surface area contributed by atoms with Crippen molar-refractivity contribution in [2.75, 3.05) is 13.7 Å². The molecular formula is C25H27N5O4. The maximum Gasteiger partial charge on any atom is 0.293 e. The molecular weight excluding hydrogens is 434 g/mol. The van der Waals surface area contributed by atoms with Crippen molar-refractivity contribution in [1.29, 1.82) is 0 Å². The number of benzene rings is 1. The number of hydrogen-bond acceptors (Lipinski definition) is 7. The smallest absolute Gasteiger partial charge is 0.293 e. The molecule has 34 heavy (non-hydrogen) atoms. The molecule has 0 spiro atoms. The van der Waals surface area contributed by atoms with Crippen molar-refractivity contribution in [1.82, 2.24) is 24.8 Å². The van der Waals surface area contributed by atoms with Gasteiger partial charge in [-0.2, -0.15) is 5.10 Å². The van der Waals surface area contributed by atoms with Crippen LogP contribution in [0.15, 0.2) is 57.9 Å². The van der Waals surface area contributed by atoms with Crippen molar-refractivity contribution >= 4 is 5.91 Å². The maximum absolute atomic E-state index is 13.3. The molecule has 1 aliphatic heterocycles. The van der Waals surface area contributed by atoms with Gasteiger partial charge in [0.05, 0.1) is 19.5 Å². The Hall–Kier alpha value is -3.88. The summed E-state index contributed by atoms with van der Waals surface area (Å²) in [5, 5.41) is 8.35.